The van der Waals surface area contributed by atoms with Gasteiger partial charge < -0.3 is 9.52 Å². The second-order valence-corrected chi connectivity index (χ2v) is 5.55. The summed E-state index contributed by atoms with van der Waals surface area (Å²) in [5.74, 6) is -0.945. The first-order valence-corrected chi connectivity index (χ1v) is 6.13. The number of hydrogen-bond acceptors (Lipinski definition) is 2. The maximum Gasteiger partial charge on any atom is 0.372 e. The average Bonchev–Trinajstić information content (AvgIpc) is 2.66. The molecule has 1 N–H and O–H groups in total. The van der Waals surface area contributed by atoms with E-state index in [4.69, 9.17) is 4.42 Å². The van der Waals surface area contributed by atoms with E-state index in [2.05, 4.69) is 6.92 Å². The molecule has 3 heteroatoms. The number of carboxylic acid groups (broad SMARTS) is 1. The van der Waals surface area contributed by atoms with Crippen molar-refractivity contribution in [3.8, 4) is 0 Å². The molecule has 96 valence electrons. The predicted molar refractivity (Wildman–Crippen MR) is 71.3 cm³/mol. The molecule has 0 unspecified atom stereocenters. The maximum absolute atomic E-state index is 11.3. The largest absolute Gasteiger partial charge is 0.475 e. The Morgan fingerprint density at radius 1 is 1.33 bits per heavy atom. The van der Waals surface area contributed by atoms with Crippen molar-refractivity contribution in [2.24, 2.45) is 0 Å². The van der Waals surface area contributed by atoms with Crippen molar-refractivity contribution >= 4 is 16.9 Å². The highest BCUT2D eigenvalue weighted by atomic mass is 16.4. The number of aromatic carboxylic acids is 1. The fourth-order valence-corrected chi connectivity index (χ4v) is 2.26. The topological polar surface area (TPSA) is 50.4 Å². The molecule has 0 saturated carbocycles. The van der Waals surface area contributed by atoms with Gasteiger partial charge in [0.1, 0.15) is 5.58 Å². The van der Waals surface area contributed by atoms with E-state index in [1.54, 1.807) is 0 Å². The van der Waals surface area contributed by atoms with Crippen molar-refractivity contribution in [2.75, 3.05) is 0 Å². The van der Waals surface area contributed by atoms with E-state index < -0.39 is 5.97 Å². The van der Waals surface area contributed by atoms with Crippen LogP contribution in [0.5, 0.6) is 0 Å². The van der Waals surface area contributed by atoms with E-state index in [0.717, 1.165) is 17.4 Å². The number of carbonyl (C=O) groups is 1. The van der Waals surface area contributed by atoms with Crippen molar-refractivity contribution < 1.29 is 14.3 Å². The molecule has 0 atom stereocenters. The van der Waals surface area contributed by atoms with Gasteiger partial charge in [-0.2, -0.15) is 0 Å². The van der Waals surface area contributed by atoms with Gasteiger partial charge in [0.2, 0.25) is 5.76 Å². The number of aryl methyl sites for hydroxylation is 1. The van der Waals surface area contributed by atoms with Gasteiger partial charge in [-0.15, -0.1) is 0 Å². The van der Waals surface area contributed by atoms with Crippen LogP contribution in [0.1, 0.15) is 49.4 Å². The molecule has 0 fully saturated rings. The number of carboxylic acids is 1. The molecule has 1 aromatic heterocycles. The number of benzene rings is 1. The second-order valence-electron chi connectivity index (χ2n) is 5.55. The fraction of sp³-hybridized carbons (Fsp3) is 0.400. The van der Waals surface area contributed by atoms with Crippen LogP contribution >= 0.6 is 0 Å². The Kier molecular flexibility index (Phi) is 2.93. The average molecular weight is 246 g/mol. The van der Waals surface area contributed by atoms with Gasteiger partial charge in [-0.1, -0.05) is 33.8 Å². The van der Waals surface area contributed by atoms with Crippen LogP contribution in [0.3, 0.4) is 0 Å². The number of rotatable bonds is 2. The molecule has 2 aromatic rings. The minimum atomic E-state index is -1.01. The maximum atomic E-state index is 11.3. The normalized spacial score (nSPS) is 12.0. The Morgan fingerprint density at radius 2 is 2.00 bits per heavy atom. The molecule has 3 nitrogen and oxygen atoms in total. The Morgan fingerprint density at radius 3 is 2.50 bits per heavy atom. The van der Waals surface area contributed by atoms with E-state index >= 15 is 0 Å². The van der Waals surface area contributed by atoms with Crippen molar-refractivity contribution in [3.63, 3.8) is 0 Å². The van der Waals surface area contributed by atoms with Gasteiger partial charge in [-0.05, 0) is 29.5 Å². The first-order valence-electron chi connectivity index (χ1n) is 6.13. The monoisotopic (exact) mass is 246 g/mol. The van der Waals surface area contributed by atoms with E-state index in [0.29, 0.717) is 5.58 Å². The Labute approximate surface area is 106 Å². The van der Waals surface area contributed by atoms with Gasteiger partial charge in [-0.3, -0.25) is 0 Å². The lowest BCUT2D eigenvalue weighted by atomic mass is 9.84. The predicted octanol–water partition coefficient (Wildman–Crippen LogP) is 3.99. The van der Waals surface area contributed by atoms with E-state index in [9.17, 15) is 9.90 Å². The zero-order valence-electron chi connectivity index (χ0n) is 11.2. The Bertz CT molecular complexity index is 600. The summed E-state index contributed by atoms with van der Waals surface area (Å²) >= 11 is 0. The number of fused-ring (bicyclic) bond motifs is 1. The first kappa shape index (κ1) is 12.7. The molecule has 0 saturated heterocycles. The molecule has 18 heavy (non-hydrogen) atoms. The summed E-state index contributed by atoms with van der Waals surface area (Å²) in [6, 6.07) is 5.87. The molecule has 1 aromatic carbocycles. The van der Waals surface area contributed by atoms with Gasteiger partial charge in [-0.25, -0.2) is 4.79 Å². The van der Waals surface area contributed by atoms with Crippen LogP contribution in [-0.4, -0.2) is 11.1 Å². The SMILES string of the molecule is CCc1ccc2oc(C(=O)O)c(C(C)(C)C)c2c1. The first-order chi connectivity index (χ1) is 8.34. The Balaban J connectivity index is 2.83. The third-order valence-electron chi connectivity index (χ3n) is 3.10. The fourth-order valence-electron chi connectivity index (χ4n) is 2.26. The third kappa shape index (κ3) is 2.01. The zero-order valence-corrected chi connectivity index (χ0v) is 11.2. The summed E-state index contributed by atoms with van der Waals surface area (Å²) < 4.78 is 5.49. The second kappa shape index (κ2) is 4.16. The standard InChI is InChI=1S/C15H18O3/c1-5-9-6-7-11-10(8-9)12(15(2,3)4)13(18-11)14(16)17/h6-8H,5H2,1-4H3,(H,16,17). The van der Waals surface area contributed by atoms with Crippen LogP contribution in [0.2, 0.25) is 0 Å². The molecule has 0 radical (unpaired) electrons. The van der Waals surface area contributed by atoms with Crippen LogP contribution in [-0.2, 0) is 11.8 Å². The minimum Gasteiger partial charge on any atom is -0.475 e. The van der Waals surface area contributed by atoms with E-state index in [-0.39, 0.29) is 11.2 Å². The molecule has 0 aliphatic rings. The quantitative estimate of drug-likeness (QED) is 0.871. The molecule has 1 heterocycles. The summed E-state index contributed by atoms with van der Waals surface area (Å²) in [4.78, 5) is 11.3. The molecule has 0 bridgehead atoms. The Hall–Kier alpha value is -1.77. The lowest BCUT2D eigenvalue weighted by molar-refractivity contribution is 0.0661. The van der Waals surface area contributed by atoms with Crippen LogP contribution in [0, 0.1) is 0 Å². The summed E-state index contributed by atoms with van der Waals surface area (Å²) in [7, 11) is 0. The van der Waals surface area contributed by atoms with Gasteiger partial charge in [0.05, 0.1) is 0 Å². The molecule has 0 aliphatic heterocycles. The van der Waals surface area contributed by atoms with Gasteiger partial charge in [0.15, 0.2) is 0 Å². The molecule has 2 rings (SSSR count). The van der Waals surface area contributed by atoms with Crippen LogP contribution < -0.4 is 0 Å². The van der Waals surface area contributed by atoms with Crippen molar-refractivity contribution in [3.05, 3.63) is 35.1 Å². The highest BCUT2D eigenvalue weighted by Gasteiger charge is 2.28. The lowest BCUT2D eigenvalue weighted by Gasteiger charge is -2.18. The number of hydrogen-bond donors (Lipinski definition) is 1. The molecular weight excluding hydrogens is 228 g/mol. The van der Waals surface area contributed by atoms with Crippen LogP contribution in [0.4, 0.5) is 0 Å². The molecule has 0 spiro atoms. The van der Waals surface area contributed by atoms with E-state index in [1.165, 1.54) is 5.56 Å². The highest BCUT2D eigenvalue weighted by Crippen LogP contribution is 2.36. The van der Waals surface area contributed by atoms with E-state index in [1.807, 2.05) is 39.0 Å². The molecule has 0 amide bonds. The summed E-state index contributed by atoms with van der Waals surface area (Å²) in [6.45, 7) is 8.09. The summed E-state index contributed by atoms with van der Waals surface area (Å²) in [5, 5.41) is 10.2. The van der Waals surface area contributed by atoms with Gasteiger partial charge in [0, 0.05) is 10.9 Å². The lowest BCUT2D eigenvalue weighted by Crippen LogP contribution is -2.15. The van der Waals surface area contributed by atoms with Gasteiger partial charge in [0.25, 0.3) is 0 Å². The minimum absolute atomic E-state index is 0.0609. The summed E-state index contributed by atoms with van der Waals surface area (Å²) in [6.07, 6.45) is 0.924. The van der Waals surface area contributed by atoms with Crippen LogP contribution in [0.25, 0.3) is 11.0 Å². The zero-order chi connectivity index (χ0) is 13.5. The number of furan rings is 1. The summed E-state index contributed by atoms with van der Waals surface area (Å²) in [5.41, 5.74) is 2.35. The van der Waals surface area contributed by atoms with Crippen molar-refractivity contribution in [2.45, 2.75) is 39.5 Å². The van der Waals surface area contributed by atoms with Gasteiger partial charge >= 0.3 is 5.97 Å². The van der Waals surface area contributed by atoms with Crippen molar-refractivity contribution in [1.29, 1.82) is 0 Å². The van der Waals surface area contributed by atoms with Crippen LogP contribution in [0.15, 0.2) is 22.6 Å². The third-order valence-corrected chi connectivity index (χ3v) is 3.10. The van der Waals surface area contributed by atoms with Crippen molar-refractivity contribution in [1.82, 2.24) is 0 Å². The smallest absolute Gasteiger partial charge is 0.372 e. The highest BCUT2D eigenvalue weighted by molar-refractivity contribution is 5.96. The molecule has 0 aliphatic carbocycles. The molecular formula is C15H18O3.